The number of carbonyl (C=O) groups excluding carboxylic acids is 1. The molecule has 24 heavy (non-hydrogen) atoms. The standard InChI is InChI=1S/C19H21ClO4/c1-14(2)13-22-18(21)12-19(23-16-6-4-3-5-7-16)24-17-10-8-15(20)9-11-17/h3-11,14,19H,12-13H2,1-2H3. The molecule has 1 atom stereocenters. The van der Waals surface area contributed by atoms with Crippen LogP contribution in [-0.2, 0) is 9.53 Å². The Kier molecular flexibility index (Phi) is 6.94. The third kappa shape index (κ3) is 6.50. The SMILES string of the molecule is CC(C)COC(=O)CC(Oc1ccccc1)Oc1ccc(Cl)cc1. The molecule has 0 heterocycles. The monoisotopic (exact) mass is 348 g/mol. The first-order chi connectivity index (χ1) is 11.5. The summed E-state index contributed by atoms with van der Waals surface area (Å²) in [6, 6.07) is 16.1. The van der Waals surface area contributed by atoms with E-state index >= 15 is 0 Å². The van der Waals surface area contributed by atoms with E-state index in [0.717, 1.165) is 0 Å². The van der Waals surface area contributed by atoms with Crippen LogP contribution in [-0.4, -0.2) is 18.9 Å². The van der Waals surface area contributed by atoms with Gasteiger partial charge in [0.15, 0.2) is 0 Å². The summed E-state index contributed by atoms with van der Waals surface area (Å²) in [7, 11) is 0. The molecule has 0 aliphatic rings. The van der Waals surface area contributed by atoms with E-state index in [1.165, 1.54) is 0 Å². The number of rotatable bonds is 8. The minimum atomic E-state index is -0.784. The van der Waals surface area contributed by atoms with Crippen LogP contribution in [0.15, 0.2) is 54.6 Å². The highest BCUT2D eigenvalue weighted by Gasteiger charge is 2.19. The highest BCUT2D eigenvalue weighted by molar-refractivity contribution is 6.30. The molecule has 0 radical (unpaired) electrons. The lowest BCUT2D eigenvalue weighted by atomic mass is 10.2. The van der Waals surface area contributed by atoms with Crippen LogP contribution in [0.2, 0.25) is 5.02 Å². The summed E-state index contributed by atoms with van der Waals surface area (Å²) in [5.74, 6) is 1.10. The van der Waals surface area contributed by atoms with Gasteiger partial charge in [-0.1, -0.05) is 43.6 Å². The minimum absolute atomic E-state index is 0.00968. The molecule has 0 N–H and O–H groups in total. The van der Waals surface area contributed by atoms with Crippen molar-refractivity contribution in [3.05, 3.63) is 59.6 Å². The molecular weight excluding hydrogens is 328 g/mol. The molecule has 0 aromatic heterocycles. The Labute approximate surface area is 147 Å². The fraction of sp³-hybridized carbons (Fsp3) is 0.316. The van der Waals surface area contributed by atoms with Crippen molar-refractivity contribution in [1.29, 1.82) is 0 Å². The highest BCUT2D eigenvalue weighted by atomic mass is 35.5. The number of hydrogen-bond donors (Lipinski definition) is 0. The third-order valence-electron chi connectivity index (χ3n) is 3.00. The zero-order valence-electron chi connectivity index (χ0n) is 13.8. The number of para-hydroxylation sites is 1. The van der Waals surface area contributed by atoms with Gasteiger partial charge in [0.05, 0.1) is 6.61 Å². The van der Waals surface area contributed by atoms with Gasteiger partial charge in [0.1, 0.15) is 17.9 Å². The van der Waals surface area contributed by atoms with E-state index in [9.17, 15) is 4.79 Å². The predicted octanol–water partition coefficient (Wildman–Crippen LogP) is 4.71. The summed E-state index contributed by atoms with van der Waals surface area (Å²) in [6.07, 6.45) is -0.794. The largest absolute Gasteiger partial charge is 0.465 e. The van der Waals surface area contributed by atoms with Crippen LogP contribution in [0, 0.1) is 5.92 Å². The van der Waals surface area contributed by atoms with Crippen LogP contribution in [0.4, 0.5) is 0 Å². The molecule has 0 bridgehead atoms. The van der Waals surface area contributed by atoms with Crippen LogP contribution in [0.1, 0.15) is 20.3 Å². The molecule has 2 rings (SSSR count). The van der Waals surface area contributed by atoms with Gasteiger partial charge in [0.25, 0.3) is 6.29 Å². The summed E-state index contributed by atoms with van der Waals surface area (Å²) < 4.78 is 16.7. The molecule has 4 nitrogen and oxygen atoms in total. The first kappa shape index (κ1) is 18.1. The molecule has 2 aromatic carbocycles. The van der Waals surface area contributed by atoms with Crippen molar-refractivity contribution in [2.24, 2.45) is 5.92 Å². The Balaban J connectivity index is 2.02. The number of halogens is 1. The smallest absolute Gasteiger partial charge is 0.313 e. The lowest BCUT2D eigenvalue weighted by molar-refractivity contribution is -0.150. The molecule has 128 valence electrons. The maximum Gasteiger partial charge on any atom is 0.313 e. The quantitative estimate of drug-likeness (QED) is 0.511. The Morgan fingerprint density at radius 1 is 0.958 bits per heavy atom. The molecule has 0 saturated heterocycles. The van der Waals surface area contributed by atoms with Gasteiger partial charge in [0.2, 0.25) is 0 Å². The lowest BCUT2D eigenvalue weighted by Crippen LogP contribution is -2.28. The van der Waals surface area contributed by atoms with E-state index in [1.807, 2.05) is 32.0 Å². The van der Waals surface area contributed by atoms with Gasteiger partial charge in [-0.2, -0.15) is 0 Å². The Hall–Kier alpha value is -2.20. The van der Waals surface area contributed by atoms with Gasteiger partial charge in [-0.3, -0.25) is 4.79 Å². The van der Waals surface area contributed by atoms with Crippen LogP contribution in [0.5, 0.6) is 11.5 Å². The van der Waals surface area contributed by atoms with E-state index in [1.54, 1.807) is 36.4 Å². The van der Waals surface area contributed by atoms with Crippen molar-refractivity contribution < 1.29 is 19.0 Å². The molecule has 0 spiro atoms. The molecule has 0 aliphatic carbocycles. The molecule has 0 fully saturated rings. The second-order valence-electron chi connectivity index (χ2n) is 5.71. The number of hydrogen-bond acceptors (Lipinski definition) is 4. The fourth-order valence-corrected chi connectivity index (χ4v) is 2.00. The van der Waals surface area contributed by atoms with Gasteiger partial charge in [-0.05, 0) is 42.3 Å². The van der Waals surface area contributed by atoms with E-state index in [2.05, 4.69) is 0 Å². The Morgan fingerprint density at radius 3 is 2.12 bits per heavy atom. The second-order valence-corrected chi connectivity index (χ2v) is 6.15. The average Bonchev–Trinajstić information content (AvgIpc) is 2.56. The van der Waals surface area contributed by atoms with Crippen LogP contribution in [0.25, 0.3) is 0 Å². The number of ether oxygens (including phenoxy) is 3. The molecule has 5 heteroatoms. The topological polar surface area (TPSA) is 44.8 Å². The summed E-state index contributed by atoms with van der Waals surface area (Å²) in [5.41, 5.74) is 0. The van der Waals surface area contributed by atoms with Crippen molar-refractivity contribution in [1.82, 2.24) is 0 Å². The van der Waals surface area contributed by atoms with Gasteiger partial charge in [0, 0.05) is 5.02 Å². The summed E-state index contributed by atoms with van der Waals surface area (Å²) in [6.45, 7) is 4.34. The van der Waals surface area contributed by atoms with Crippen LogP contribution < -0.4 is 9.47 Å². The predicted molar refractivity (Wildman–Crippen MR) is 93.4 cm³/mol. The van der Waals surface area contributed by atoms with Gasteiger partial charge in [-0.25, -0.2) is 0 Å². The van der Waals surface area contributed by atoms with E-state index in [-0.39, 0.29) is 18.3 Å². The van der Waals surface area contributed by atoms with Crippen molar-refractivity contribution in [3.63, 3.8) is 0 Å². The molecule has 0 saturated carbocycles. The molecule has 1 unspecified atom stereocenters. The second kappa shape index (κ2) is 9.18. The normalized spacial score (nSPS) is 11.8. The van der Waals surface area contributed by atoms with Gasteiger partial charge < -0.3 is 14.2 Å². The van der Waals surface area contributed by atoms with Crippen molar-refractivity contribution >= 4 is 17.6 Å². The first-order valence-corrected chi connectivity index (χ1v) is 8.20. The van der Waals surface area contributed by atoms with Crippen LogP contribution >= 0.6 is 11.6 Å². The third-order valence-corrected chi connectivity index (χ3v) is 3.25. The van der Waals surface area contributed by atoms with Gasteiger partial charge in [-0.15, -0.1) is 0 Å². The molecule has 0 aliphatic heterocycles. The molecule has 2 aromatic rings. The fourth-order valence-electron chi connectivity index (χ4n) is 1.88. The van der Waals surface area contributed by atoms with E-state index in [4.69, 9.17) is 25.8 Å². The lowest BCUT2D eigenvalue weighted by Gasteiger charge is -2.20. The Bertz CT molecular complexity index is 626. The number of benzene rings is 2. The number of esters is 1. The maximum atomic E-state index is 12.0. The van der Waals surface area contributed by atoms with Crippen LogP contribution in [0.3, 0.4) is 0 Å². The molecular formula is C19H21ClO4. The van der Waals surface area contributed by atoms with Gasteiger partial charge >= 0.3 is 5.97 Å². The van der Waals surface area contributed by atoms with E-state index < -0.39 is 6.29 Å². The zero-order chi connectivity index (χ0) is 17.4. The van der Waals surface area contributed by atoms with Crippen molar-refractivity contribution in [2.45, 2.75) is 26.6 Å². The Morgan fingerprint density at radius 2 is 1.54 bits per heavy atom. The highest BCUT2D eigenvalue weighted by Crippen LogP contribution is 2.20. The summed E-state index contributed by atoms with van der Waals surface area (Å²) in [4.78, 5) is 12.0. The van der Waals surface area contributed by atoms with Crippen molar-refractivity contribution in [3.8, 4) is 11.5 Å². The van der Waals surface area contributed by atoms with Crippen molar-refractivity contribution in [2.75, 3.05) is 6.61 Å². The minimum Gasteiger partial charge on any atom is -0.465 e. The number of carbonyl (C=O) groups is 1. The molecule has 0 amide bonds. The first-order valence-electron chi connectivity index (χ1n) is 7.82. The zero-order valence-corrected chi connectivity index (χ0v) is 14.5. The maximum absolute atomic E-state index is 12.0. The summed E-state index contributed by atoms with van der Waals surface area (Å²) in [5, 5.41) is 0.610. The summed E-state index contributed by atoms with van der Waals surface area (Å²) >= 11 is 5.87. The average molecular weight is 349 g/mol. The van der Waals surface area contributed by atoms with E-state index in [0.29, 0.717) is 23.1 Å².